The number of allylic oxidation sites excluding steroid dienone is 1. The molecule has 2 aliphatic rings. The van der Waals surface area contributed by atoms with Crippen molar-refractivity contribution < 1.29 is 15.0 Å². The number of carbonyl (C=O) groups is 1. The van der Waals surface area contributed by atoms with Crippen LogP contribution in [0.4, 0.5) is 0 Å². The molecule has 5 atom stereocenters. The lowest BCUT2D eigenvalue weighted by Crippen LogP contribution is -2.54. The molecule has 4 N–H and O–H groups in total. The monoisotopic (exact) mass is 551 g/mol. The number of benzene rings is 1. The smallest absolute Gasteiger partial charge is 0.224 e. The first-order valence-electron chi connectivity index (χ1n) is 16.1. The fourth-order valence-corrected chi connectivity index (χ4v) is 6.97. The fourth-order valence-electron chi connectivity index (χ4n) is 6.97. The average molecular weight is 552 g/mol. The molecule has 6 heteroatoms. The van der Waals surface area contributed by atoms with Crippen molar-refractivity contribution in [2.75, 3.05) is 20.2 Å². The highest BCUT2D eigenvalue weighted by Crippen LogP contribution is 2.44. The van der Waals surface area contributed by atoms with E-state index in [0.717, 1.165) is 25.7 Å². The lowest BCUT2D eigenvalue weighted by atomic mass is 9.72. The first-order valence-corrected chi connectivity index (χ1v) is 16.1. The van der Waals surface area contributed by atoms with E-state index in [1.54, 1.807) is 6.08 Å². The first-order chi connectivity index (χ1) is 19.5. The van der Waals surface area contributed by atoms with Crippen LogP contribution in [0.3, 0.4) is 0 Å². The largest absolute Gasteiger partial charge is 0.394 e. The van der Waals surface area contributed by atoms with Gasteiger partial charge in [-0.2, -0.15) is 0 Å². The maximum atomic E-state index is 13.3. The molecule has 0 unspecified atom stereocenters. The summed E-state index contributed by atoms with van der Waals surface area (Å²) >= 11 is 0. The van der Waals surface area contributed by atoms with Gasteiger partial charge in [0.1, 0.15) is 0 Å². The van der Waals surface area contributed by atoms with E-state index in [1.165, 1.54) is 86.2 Å². The Hall–Kier alpha value is -2.15. The Kier molecular flexibility index (Phi) is 12.1. The Balaban J connectivity index is 1.18. The van der Waals surface area contributed by atoms with Crippen molar-refractivity contribution in [3.63, 3.8) is 0 Å². The second kappa shape index (κ2) is 15.7. The molecule has 1 aromatic carbocycles. The zero-order chi connectivity index (χ0) is 28.3. The molecule has 0 radical (unpaired) electrons. The SMILES string of the molecule is CCCCCCCCCCCCC/C=C/[C@H](O)[C@@H](CO)NC(=O)[C@@H]1C[C@@H]2c3cccc4[nH]cc(c34)C[C@H]2N(C)C1. The Morgan fingerprint density at radius 3 is 2.50 bits per heavy atom. The number of fused-ring (bicyclic) bond motifs is 2. The third-order valence-electron chi connectivity index (χ3n) is 9.34. The van der Waals surface area contributed by atoms with Gasteiger partial charge in [0.25, 0.3) is 0 Å². The lowest BCUT2D eigenvalue weighted by Gasteiger charge is -2.45. The van der Waals surface area contributed by atoms with Crippen molar-refractivity contribution in [2.24, 2.45) is 5.92 Å². The number of nitrogens with one attached hydrogen (secondary N) is 2. The topological polar surface area (TPSA) is 88.6 Å². The molecule has 2 heterocycles. The number of likely N-dealkylation sites (tertiary alicyclic amines) is 1. The molecule has 1 aromatic heterocycles. The van der Waals surface area contributed by atoms with Crippen LogP contribution in [0.15, 0.2) is 36.5 Å². The molecule has 1 fully saturated rings. The fraction of sp³-hybridized carbons (Fsp3) is 0.676. The number of aliphatic hydroxyl groups excluding tert-OH is 2. The summed E-state index contributed by atoms with van der Waals surface area (Å²) in [5.41, 5.74) is 3.87. The number of unbranched alkanes of at least 4 members (excludes halogenated alkanes) is 11. The van der Waals surface area contributed by atoms with Gasteiger partial charge in [0.15, 0.2) is 0 Å². The van der Waals surface area contributed by atoms with Gasteiger partial charge in [-0.25, -0.2) is 0 Å². The van der Waals surface area contributed by atoms with E-state index in [2.05, 4.69) is 53.6 Å². The summed E-state index contributed by atoms with van der Waals surface area (Å²) in [6, 6.07) is 6.14. The Labute approximate surface area is 241 Å². The van der Waals surface area contributed by atoms with E-state index in [4.69, 9.17) is 0 Å². The summed E-state index contributed by atoms with van der Waals surface area (Å²) in [7, 11) is 2.12. The number of hydrogen-bond donors (Lipinski definition) is 4. The highest BCUT2D eigenvalue weighted by Gasteiger charge is 2.41. The molecule has 4 rings (SSSR count). The van der Waals surface area contributed by atoms with E-state index < -0.39 is 12.1 Å². The van der Waals surface area contributed by atoms with Crippen LogP contribution in [0.2, 0.25) is 0 Å². The van der Waals surface area contributed by atoms with Gasteiger partial charge in [-0.15, -0.1) is 0 Å². The zero-order valence-corrected chi connectivity index (χ0v) is 24.9. The predicted molar refractivity (Wildman–Crippen MR) is 165 cm³/mol. The lowest BCUT2D eigenvalue weighted by molar-refractivity contribution is -0.129. The molecule has 1 amide bonds. The molecule has 0 spiro atoms. The van der Waals surface area contributed by atoms with E-state index in [-0.39, 0.29) is 18.4 Å². The van der Waals surface area contributed by atoms with E-state index >= 15 is 0 Å². The minimum absolute atomic E-state index is 0.0748. The molecular weight excluding hydrogens is 498 g/mol. The third-order valence-corrected chi connectivity index (χ3v) is 9.34. The van der Waals surface area contributed by atoms with Crippen molar-refractivity contribution in [3.05, 3.63) is 47.7 Å². The zero-order valence-electron chi connectivity index (χ0n) is 24.9. The van der Waals surface area contributed by atoms with Crippen LogP contribution in [-0.2, 0) is 11.2 Å². The van der Waals surface area contributed by atoms with Gasteiger partial charge in [-0.3, -0.25) is 4.79 Å². The van der Waals surface area contributed by atoms with Crippen LogP contribution in [-0.4, -0.2) is 64.4 Å². The number of hydrogen-bond acceptors (Lipinski definition) is 4. The van der Waals surface area contributed by atoms with E-state index in [0.29, 0.717) is 18.5 Å². The van der Waals surface area contributed by atoms with Crippen LogP contribution in [0.5, 0.6) is 0 Å². The molecule has 1 saturated heterocycles. The molecular formula is C34H53N3O3. The summed E-state index contributed by atoms with van der Waals surface area (Å²) < 4.78 is 0. The summed E-state index contributed by atoms with van der Waals surface area (Å²) in [6.07, 6.45) is 22.2. The molecule has 1 aliphatic heterocycles. The summed E-state index contributed by atoms with van der Waals surface area (Å²) in [5.74, 6) is 0.0439. The first kappa shape index (κ1) is 30.8. The Bertz CT molecular complexity index is 1080. The number of amides is 1. The van der Waals surface area contributed by atoms with Crippen LogP contribution < -0.4 is 5.32 Å². The molecule has 222 valence electrons. The third kappa shape index (κ3) is 7.98. The van der Waals surface area contributed by atoms with Gasteiger partial charge in [0.05, 0.1) is 24.7 Å². The minimum atomic E-state index is -0.887. The van der Waals surface area contributed by atoms with Gasteiger partial charge in [0, 0.05) is 35.6 Å². The minimum Gasteiger partial charge on any atom is -0.394 e. The van der Waals surface area contributed by atoms with Crippen molar-refractivity contribution in [3.8, 4) is 0 Å². The van der Waals surface area contributed by atoms with Gasteiger partial charge in [0.2, 0.25) is 5.91 Å². The van der Waals surface area contributed by atoms with E-state index in [9.17, 15) is 15.0 Å². The second-order valence-corrected chi connectivity index (χ2v) is 12.4. The highest BCUT2D eigenvalue weighted by molar-refractivity contribution is 5.88. The highest BCUT2D eigenvalue weighted by atomic mass is 16.3. The molecule has 1 aliphatic carbocycles. The normalized spacial score (nSPS) is 22.4. The molecule has 6 nitrogen and oxygen atoms in total. The number of piperidine rings is 1. The Morgan fingerprint density at radius 2 is 1.80 bits per heavy atom. The average Bonchev–Trinajstić information content (AvgIpc) is 3.38. The quantitative estimate of drug-likeness (QED) is 0.139. The van der Waals surface area contributed by atoms with Gasteiger partial charge in [-0.05, 0) is 49.9 Å². The Morgan fingerprint density at radius 1 is 1.10 bits per heavy atom. The summed E-state index contributed by atoms with van der Waals surface area (Å²) in [4.78, 5) is 19.1. The molecule has 0 saturated carbocycles. The standard InChI is InChI=1S/C34H53N3O3/c1-3-4-5-6-7-8-9-10-11-12-13-14-15-19-32(39)30(24-38)36-34(40)26-20-28-27-17-16-18-29-33(27)25(22-35-29)21-31(28)37(2)23-26/h15-19,22,26,28,30-32,35,38-39H,3-14,20-21,23-24H2,1-2H3,(H,36,40)/b19-15+/t26-,28-,30-,31-,32+/m1/s1. The van der Waals surface area contributed by atoms with Crippen molar-refractivity contribution in [1.82, 2.24) is 15.2 Å². The molecule has 0 bridgehead atoms. The summed E-state index contributed by atoms with van der Waals surface area (Å²) in [6.45, 7) is 2.67. The number of aromatic amines is 1. The summed E-state index contributed by atoms with van der Waals surface area (Å²) in [5, 5.41) is 24.9. The second-order valence-electron chi connectivity index (χ2n) is 12.4. The van der Waals surface area contributed by atoms with Gasteiger partial charge in [-0.1, -0.05) is 95.4 Å². The van der Waals surface area contributed by atoms with Crippen LogP contribution in [0.25, 0.3) is 10.9 Å². The number of carbonyl (C=O) groups excluding carboxylic acids is 1. The van der Waals surface area contributed by atoms with Gasteiger partial charge >= 0.3 is 0 Å². The van der Waals surface area contributed by atoms with Gasteiger partial charge < -0.3 is 25.4 Å². The number of rotatable bonds is 17. The number of likely N-dealkylation sites (N-methyl/N-ethyl adjacent to an activating group) is 1. The predicted octanol–water partition coefficient (Wildman–Crippen LogP) is 6.22. The molecule has 2 aromatic rings. The maximum Gasteiger partial charge on any atom is 0.224 e. The van der Waals surface area contributed by atoms with E-state index in [1.807, 2.05) is 6.08 Å². The van der Waals surface area contributed by atoms with Crippen LogP contribution in [0.1, 0.15) is 107 Å². The van der Waals surface area contributed by atoms with Crippen molar-refractivity contribution in [1.29, 1.82) is 0 Å². The van der Waals surface area contributed by atoms with Crippen LogP contribution >= 0.6 is 0 Å². The number of H-pyrrole nitrogens is 1. The van der Waals surface area contributed by atoms with Crippen LogP contribution in [0, 0.1) is 5.92 Å². The number of aliphatic hydroxyl groups is 2. The number of nitrogens with zero attached hydrogens (tertiary/aromatic N) is 1. The van der Waals surface area contributed by atoms with Crippen molar-refractivity contribution in [2.45, 2.75) is 121 Å². The maximum absolute atomic E-state index is 13.3. The van der Waals surface area contributed by atoms with Crippen molar-refractivity contribution >= 4 is 16.8 Å². The number of aromatic nitrogens is 1. The molecule has 40 heavy (non-hydrogen) atoms.